The third-order valence-electron chi connectivity index (χ3n) is 11.1. The van der Waals surface area contributed by atoms with E-state index in [-0.39, 0.29) is 0 Å². The van der Waals surface area contributed by atoms with Gasteiger partial charge in [0.2, 0.25) is 0 Å². The molecule has 0 fully saturated rings. The van der Waals surface area contributed by atoms with E-state index in [1.54, 1.807) is 0 Å². The van der Waals surface area contributed by atoms with Crippen molar-refractivity contribution in [3.05, 3.63) is 142 Å². The lowest BCUT2D eigenvalue weighted by Crippen LogP contribution is -1.82. The van der Waals surface area contributed by atoms with E-state index in [0.717, 1.165) is 11.1 Å². The fraction of sp³-hybridized carbons (Fsp3) is 0.296. The van der Waals surface area contributed by atoms with Crippen LogP contribution in [0.2, 0.25) is 0 Å². The number of hydrogen-bond acceptors (Lipinski definition) is 8. The molecule has 0 atom stereocenters. The van der Waals surface area contributed by atoms with Gasteiger partial charge in [0.1, 0.15) is 0 Å². The molecule has 6 aromatic heterocycles. The normalized spacial score (nSPS) is 11.8. The molecule has 2 nitrogen and oxygen atoms in total. The number of hydrogen-bond donors (Lipinski definition) is 0. The molecule has 0 saturated carbocycles. The summed E-state index contributed by atoms with van der Waals surface area (Å²) in [6, 6.07) is 44.7. The number of benzene rings is 2. The molecular formula is C54H56N2S6. The van der Waals surface area contributed by atoms with Gasteiger partial charge in [0.15, 0.2) is 0 Å². The first-order chi connectivity index (χ1) is 30.6. The van der Waals surface area contributed by atoms with E-state index in [4.69, 9.17) is 0 Å². The van der Waals surface area contributed by atoms with Gasteiger partial charge in [0, 0.05) is 58.5 Å². The molecule has 0 aliphatic rings. The van der Waals surface area contributed by atoms with Crippen molar-refractivity contribution in [1.82, 2.24) is 0 Å². The summed E-state index contributed by atoms with van der Waals surface area (Å²) in [6.45, 7) is 4.57. The van der Waals surface area contributed by atoms with Crippen molar-refractivity contribution in [2.24, 2.45) is 10.2 Å². The summed E-state index contributed by atoms with van der Waals surface area (Å²) in [5.41, 5.74) is 4.51. The fourth-order valence-corrected chi connectivity index (χ4v) is 14.1. The zero-order valence-electron chi connectivity index (χ0n) is 35.9. The summed E-state index contributed by atoms with van der Waals surface area (Å²) < 4.78 is 0. The molecule has 8 heteroatoms. The van der Waals surface area contributed by atoms with Crippen LogP contribution in [0.3, 0.4) is 0 Å². The molecule has 0 saturated heterocycles. The minimum absolute atomic E-state index is 1.03. The summed E-state index contributed by atoms with van der Waals surface area (Å²) in [5, 5.41) is 8.72. The highest BCUT2D eigenvalue weighted by atomic mass is 32.1. The van der Waals surface area contributed by atoms with Crippen LogP contribution in [0.4, 0.5) is 0 Å². The highest BCUT2D eigenvalue weighted by Gasteiger charge is 2.13. The van der Waals surface area contributed by atoms with Gasteiger partial charge in [-0.3, -0.25) is 0 Å². The summed E-state index contributed by atoms with van der Waals surface area (Å²) in [6.07, 6.45) is 22.3. The van der Waals surface area contributed by atoms with E-state index in [1.807, 2.05) is 80.4 Å². The highest BCUT2D eigenvalue weighted by molar-refractivity contribution is 7.28. The van der Waals surface area contributed by atoms with Gasteiger partial charge in [-0.1, -0.05) is 127 Å². The van der Waals surface area contributed by atoms with Crippen LogP contribution in [0.25, 0.3) is 59.9 Å². The van der Waals surface area contributed by atoms with Crippen molar-refractivity contribution in [2.75, 3.05) is 0 Å². The van der Waals surface area contributed by atoms with Crippen LogP contribution in [0.5, 0.6) is 0 Å². The quantitative estimate of drug-likeness (QED) is 0.0347. The molecule has 0 N–H and O–H groups in total. The van der Waals surface area contributed by atoms with Crippen LogP contribution in [-0.2, 0) is 12.8 Å². The van der Waals surface area contributed by atoms with Gasteiger partial charge in [-0.15, -0.1) is 68.0 Å². The average molecular weight is 925 g/mol. The number of thiophene rings is 6. The Hall–Kier alpha value is -4.02. The molecule has 0 spiro atoms. The van der Waals surface area contributed by atoms with Gasteiger partial charge in [-0.2, -0.15) is 10.2 Å². The molecule has 0 bridgehead atoms. The van der Waals surface area contributed by atoms with E-state index in [2.05, 4.69) is 145 Å². The number of nitrogens with zero attached hydrogens (tertiary/aromatic N) is 2. The molecule has 8 aromatic rings. The molecule has 8 rings (SSSR count). The van der Waals surface area contributed by atoms with E-state index in [9.17, 15) is 0 Å². The smallest absolute Gasteiger partial charge is 0.0568 e. The molecule has 0 amide bonds. The van der Waals surface area contributed by atoms with Gasteiger partial charge in [0.05, 0.1) is 12.4 Å². The Bertz CT molecular complexity index is 2440. The summed E-state index contributed by atoms with van der Waals surface area (Å²) in [7, 11) is 0. The van der Waals surface area contributed by atoms with Crippen LogP contribution in [-0.4, -0.2) is 12.4 Å². The lowest BCUT2D eigenvalue weighted by Gasteiger charge is -1.99. The predicted octanol–water partition coefficient (Wildman–Crippen LogP) is 19.3. The van der Waals surface area contributed by atoms with Crippen molar-refractivity contribution < 1.29 is 0 Å². The van der Waals surface area contributed by atoms with Crippen molar-refractivity contribution in [3.63, 3.8) is 0 Å². The molecule has 0 radical (unpaired) electrons. The minimum atomic E-state index is 1.03. The predicted molar refractivity (Wildman–Crippen MR) is 282 cm³/mol. The second-order valence-electron chi connectivity index (χ2n) is 16.0. The molecular weight excluding hydrogens is 869 g/mol. The van der Waals surface area contributed by atoms with Gasteiger partial charge >= 0.3 is 0 Å². The third-order valence-corrected chi connectivity index (χ3v) is 18.7. The minimum Gasteiger partial charge on any atom is -0.159 e. The Kier molecular flexibility index (Phi) is 16.6. The van der Waals surface area contributed by atoms with E-state index in [1.165, 1.54) is 160 Å². The monoisotopic (exact) mass is 924 g/mol. The molecule has 62 heavy (non-hydrogen) atoms. The molecule has 0 unspecified atom stereocenters. The van der Waals surface area contributed by atoms with Crippen molar-refractivity contribution in [1.29, 1.82) is 0 Å². The lowest BCUT2D eigenvalue weighted by atomic mass is 10.1. The van der Waals surface area contributed by atoms with Crippen LogP contribution < -0.4 is 0 Å². The summed E-state index contributed by atoms with van der Waals surface area (Å²) in [5.74, 6) is 0. The van der Waals surface area contributed by atoms with Crippen LogP contribution in [0.1, 0.15) is 112 Å². The molecule has 0 aliphatic carbocycles. The van der Waals surface area contributed by atoms with Crippen LogP contribution >= 0.6 is 68.0 Å². The van der Waals surface area contributed by atoms with Crippen molar-refractivity contribution in [2.45, 2.75) is 104 Å². The first-order valence-corrected chi connectivity index (χ1v) is 27.4. The van der Waals surface area contributed by atoms with Crippen molar-refractivity contribution >= 4 is 80.4 Å². The Labute approximate surface area is 393 Å². The number of rotatable bonds is 23. The number of unbranched alkanes of at least 4 members (excludes halogenated alkanes) is 10. The Balaban J connectivity index is 0.795. The van der Waals surface area contributed by atoms with Crippen LogP contribution in [0, 0.1) is 0 Å². The fourth-order valence-electron chi connectivity index (χ4n) is 7.57. The lowest BCUT2D eigenvalue weighted by molar-refractivity contribution is 0.609. The standard InChI is InChI=1S/C54H56N2S6/c1-3-5-7-9-11-13-15-43-25-27-47(57-43)49-33-35-53(61-49)51-31-29-45(59-51)41-21-17-39(18-22-41)37-55-56-38-40-19-23-42(24-20-40)46-30-32-52(60-46)54-36-34-50(62-54)48-28-26-44(58-48)16-14-12-10-8-6-4-2/h17-38H,3-16H2,1-2H3/b55-37+,56-38+. The van der Waals surface area contributed by atoms with E-state index >= 15 is 0 Å². The molecule has 318 valence electrons. The van der Waals surface area contributed by atoms with Crippen molar-refractivity contribution in [3.8, 4) is 59.9 Å². The van der Waals surface area contributed by atoms with Gasteiger partial charge in [0.25, 0.3) is 0 Å². The Morgan fingerprint density at radius 1 is 0.306 bits per heavy atom. The molecule has 2 aromatic carbocycles. The van der Waals surface area contributed by atoms with E-state index in [0.29, 0.717) is 0 Å². The Morgan fingerprint density at radius 2 is 0.597 bits per heavy atom. The average Bonchev–Trinajstić information content (AvgIpc) is 4.16. The first-order valence-electron chi connectivity index (χ1n) is 22.5. The largest absolute Gasteiger partial charge is 0.159 e. The second kappa shape index (κ2) is 23.1. The second-order valence-corrected chi connectivity index (χ2v) is 22.6. The first kappa shape index (κ1) is 44.6. The van der Waals surface area contributed by atoms with Gasteiger partial charge in [-0.05, 0) is 121 Å². The van der Waals surface area contributed by atoms with Gasteiger partial charge < -0.3 is 0 Å². The molecule has 6 heterocycles. The van der Waals surface area contributed by atoms with E-state index < -0.39 is 0 Å². The third kappa shape index (κ3) is 12.4. The zero-order valence-corrected chi connectivity index (χ0v) is 40.8. The zero-order chi connectivity index (χ0) is 42.4. The topological polar surface area (TPSA) is 24.7 Å². The maximum atomic E-state index is 4.36. The summed E-state index contributed by atoms with van der Waals surface area (Å²) >= 11 is 11.5. The van der Waals surface area contributed by atoms with Gasteiger partial charge in [-0.25, -0.2) is 0 Å². The SMILES string of the molecule is CCCCCCCCc1ccc(-c2ccc(-c3ccc(-c4ccc(/C=N/N=C/c5ccc(-c6ccc(-c7ccc(-c8ccc(CCCCCCCC)s8)s7)s6)cc5)cc4)s3)s2)s1. The number of aryl methyl sites for hydroxylation is 2. The highest BCUT2D eigenvalue weighted by Crippen LogP contribution is 2.43. The summed E-state index contributed by atoms with van der Waals surface area (Å²) in [4.78, 5) is 16.4. The maximum Gasteiger partial charge on any atom is 0.0568 e. The maximum absolute atomic E-state index is 4.36. The molecule has 0 aliphatic heterocycles. The Morgan fingerprint density at radius 3 is 0.968 bits per heavy atom. The van der Waals surface area contributed by atoms with Crippen LogP contribution in [0.15, 0.2) is 132 Å².